The van der Waals surface area contributed by atoms with Crippen LogP contribution >= 0.6 is 11.8 Å². The lowest BCUT2D eigenvalue weighted by Crippen LogP contribution is -2.50. The van der Waals surface area contributed by atoms with E-state index in [1.807, 2.05) is 0 Å². The first-order chi connectivity index (χ1) is 9.38. The highest BCUT2D eigenvalue weighted by molar-refractivity contribution is 8.01. The maximum absolute atomic E-state index is 12.5. The molecule has 1 aromatic heterocycles. The highest BCUT2D eigenvalue weighted by atomic mass is 32.2. The molecule has 1 unspecified atom stereocenters. The third-order valence-corrected chi connectivity index (χ3v) is 6.65. The number of H-pyrrole nitrogens is 1. The number of aromatic nitrogens is 2. The van der Waals surface area contributed by atoms with Crippen molar-refractivity contribution in [2.45, 2.75) is 19.2 Å². The molecule has 0 saturated carbocycles. The predicted octanol–water partition coefficient (Wildman–Crippen LogP) is 0.250. The first kappa shape index (κ1) is 15.2. The molecule has 1 aliphatic rings. The molecule has 1 atom stereocenters. The SMILES string of the molecule is CCS(=O)(=O)C1CSCCN1C(=O)c1n[nH]c(C)c1N. The van der Waals surface area contributed by atoms with Crippen molar-refractivity contribution in [2.24, 2.45) is 0 Å². The van der Waals surface area contributed by atoms with Crippen LogP contribution in [0.4, 0.5) is 5.69 Å². The van der Waals surface area contributed by atoms with Crippen LogP contribution in [0.5, 0.6) is 0 Å². The third-order valence-electron chi connectivity index (χ3n) is 3.36. The van der Waals surface area contributed by atoms with Crippen molar-refractivity contribution in [3.8, 4) is 0 Å². The second-order valence-electron chi connectivity index (χ2n) is 4.59. The molecular weight excluding hydrogens is 300 g/mol. The van der Waals surface area contributed by atoms with Crippen LogP contribution in [0.2, 0.25) is 0 Å². The van der Waals surface area contributed by atoms with Crippen molar-refractivity contribution in [1.82, 2.24) is 15.1 Å². The van der Waals surface area contributed by atoms with Crippen LogP contribution in [0, 0.1) is 6.92 Å². The topological polar surface area (TPSA) is 109 Å². The minimum absolute atomic E-state index is 0.0110. The molecule has 7 nitrogen and oxygen atoms in total. The molecule has 2 rings (SSSR count). The first-order valence-electron chi connectivity index (χ1n) is 6.29. The normalized spacial score (nSPS) is 20.1. The van der Waals surface area contributed by atoms with Crippen molar-refractivity contribution in [3.05, 3.63) is 11.4 Å². The summed E-state index contributed by atoms with van der Waals surface area (Å²) < 4.78 is 24.2. The largest absolute Gasteiger partial charge is 0.395 e. The lowest BCUT2D eigenvalue weighted by Gasteiger charge is -2.34. The van der Waals surface area contributed by atoms with Crippen LogP contribution in [-0.4, -0.2) is 58.6 Å². The second-order valence-corrected chi connectivity index (χ2v) is 8.19. The number of hydrogen-bond acceptors (Lipinski definition) is 6. The summed E-state index contributed by atoms with van der Waals surface area (Å²) in [5, 5.41) is 5.74. The monoisotopic (exact) mass is 318 g/mol. The van der Waals surface area contributed by atoms with Gasteiger partial charge in [-0.25, -0.2) is 8.42 Å². The molecule has 0 bridgehead atoms. The van der Waals surface area contributed by atoms with Gasteiger partial charge in [-0.2, -0.15) is 16.9 Å². The van der Waals surface area contributed by atoms with E-state index >= 15 is 0 Å². The Balaban J connectivity index is 2.33. The van der Waals surface area contributed by atoms with Crippen molar-refractivity contribution in [1.29, 1.82) is 0 Å². The Morgan fingerprint density at radius 1 is 1.60 bits per heavy atom. The van der Waals surface area contributed by atoms with Gasteiger partial charge in [0.1, 0.15) is 5.37 Å². The Kier molecular flexibility index (Phi) is 4.28. The van der Waals surface area contributed by atoms with Gasteiger partial charge in [-0.15, -0.1) is 0 Å². The van der Waals surface area contributed by atoms with Crippen LogP contribution in [0.3, 0.4) is 0 Å². The minimum Gasteiger partial charge on any atom is -0.395 e. The van der Waals surface area contributed by atoms with Crippen LogP contribution in [0.1, 0.15) is 23.1 Å². The number of carbonyl (C=O) groups excluding carboxylic acids is 1. The number of carbonyl (C=O) groups is 1. The molecule has 20 heavy (non-hydrogen) atoms. The standard InChI is InChI=1S/C11H18N4O3S2/c1-3-20(17,18)8-6-19-5-4-15(8)11(16)10-9(12)7(2)13-14-10/h8H,3-6,12H2,1-2H3,(H,13,14). The molecule has 1 saturated heterocycles. The number of aromatic amines is 1. The fourth-order valence-corrected chi connectivity index (χ4v) is 5.01. The minimum atomic E-state index is -3.32. The van der Waals surface area contributed by atoms with Crippen LogP contribution in [-0.2, 0) is 9.84 Å². The van der Waals surface area contributed by atoms with Gasteiger partial charge < -0.3 is 10.6 Å². The number of aryl methyl sites for hydroxylation is 1. The molecule has 1 fully saturated rings. The van der Waals surface area contributed by atoms with Gasteiger partial charge in [0.05, 0.1) is 11.4 Å². The van der Waals surface area contributed by atoms with Crippen LogP contribution in [0.15, 0.2) is 0 Å². The molecule has 0 spiro atoms. The second kappa shape index (κ2) is 5.65. The van der Waals surface area contributed by atoms with Crippen LogP contribution in [0.25, 0.3) is 0 Å². The summed E-state index contributed by atoms with van der Waals surface area (Å²) >= 11 is 1.54. The molecule has 9 heteroatoms. The number of thioether (sulfide) groups is 1. The lowest BCUT2D eigenvalue weighted by atomic mass is 10.2. The van der Waals surface area contributed by atoms with Gasteiger partial charge in [0.25, 0.3) is 5.91 Å². The molecule has 0 aliphatic carbocycles. The molecule has 112 valence electrons. The zero-order valence-corrected chi connectivity index (χ0v) is 13.1. The molecule has 3 N–H and O–H groups in total. The summed E-state index contributed by atoms with van der Waals surface area (Å²) in [4.78, 5) is 13.9. The van der Waals surface area contributed by atoms with E-state index in [0.29, 0.717) is 23.7 Å². The van der Waals surface area contributed by atoms with E-state index in [1.165, 1.54) is 16.7 Å². The van der Waals surface area contributed by atoms with Gasteiger partial charge in [0, 0.05) is 23.8 Å². The predicted molar refractivity (Wildman–Crippen MR) is 79.3 cm³/mol. The Labute approximate surface area is 122 Å². The summed E-state index contributed by atoms with van der Waals surface area (Å²) in [6.45, 7) is 3.69. The number of nitrogens with two attached hydrogens (primary N) is 1. The molecule has 1 aliphatic heterocycles. The molecule has 2 heterocycles. The Morgan fingerprint density at radius 3 is 2.85 bits per heavy atom. The molecule has 0 radical (unpaired) electrons. The first-order valence-corrected chi connectivity index (χ1v) is 9.16. The van der Waals surface area contributed by atoms with Gasteiger partial charge in [-0.05, 0) is 6.92 Å². The zero-order chi connectivity index (χ0) is 14.9. The number of rotatable bonds is 3. The third kappa shape index (κ3) is 2.64. The van der Waals surface area contributed by atoms with Gasteiger partial charge >= 0.3 is 0 Å². The number of nitrogen functional groups attached to an aromatic ring is 1. The summed E-state index contributed by atoms with van der Waals surface area (Å²) in [5.74, 6) is 0.696. The Bertz CT molecular complexity index is 611. The quantitative estimate of drug-likeness (QED) is 0.827. The zero-order valence-electron chi connectivity index (χ0n) is 11.4. The van der Waals surface area contributed by atoms with Crippen LogP contribution < -0.4 is 5.73 Å². The summed E-state index contributed by atoms with van der Waals surface area (Å²) in [7, 11) is -3.32. The summed E-state index contributed by atoms with van der Waals surface area (Å²) in [6.07, 6.45) is 0. The highest BCUT2D eigenvalue weighted by Crippen LogP contribution is 2.25. The van der Waals surface area contributed by atoms with Crippen molar-refractivity contribution < 1.29 is 13.2 Å². The molecular formula is C11H18N4O3S2. The Morgan fingerprint density at radius 2 is 2.30 bits per heavy atom. The van der Waals surface area contributed by atoms with E-state index in [2.05, 4.69) is 10.2 Å². The fraction of sp³-hybridized carbons (Fsp3) is 0.636. The van der Waals surface area contributed by atoms with E-state index in [0.717, 1.165) is 0 Å². The number of nitrogens with zero attached hydrogens (tertiary/aromatic N) is 2. The number of hydrogen-bond donors (Lipinski definition) is 2. The molecule has 1 amide bonds. The molecule has 0 aromatic carbocycles. The average molecular weight is 318 g/mol. The van der Waals surface area contributed by atoms with E-state index in [-0.39, 0.29) is 17.1 Å². The summed E-state index contributed by atoms with van der Waals surface area (Å²) in [6, 6.07) is 0. The summed E-state index contributed by atoms with van der Waals surface area (Å²) in [5.41, 5.74) is 6.79. The number of nitrogens with one attached hydrogen (secondary N) is 1. The van der Waals surface area contributed by atoms with Gasteiger partial charge in [0.15, 0.2) is 15.5 Å². The highest BCUT2D eigenvalue weighted by Gasteiger charge is 2.37. The maximum atomic E-state index is 12.5. The molecule has 1 aromatic rings. The van der Waals surface area contributed by atoms with Crippen molar-refractivity contribution >= 4 is 33.2 Å². The fourth-order valence-electron chi connectivity index (χ4n) is 2.04. The van der Waals surface area contributed by atoms with Gasteiger partial charge in [0.2, 0.25) is 0 Å². The van der Waals surface area contributed by atoms with Gasteiger partial charge in [-0.1, -0.05) is 6.92 Å². The van der Waals surface area contributed by atoms with E-state index < -0.39 is 21.1 Å². The average Bonchev–Trinajstić information content (AvgIpc) is 2.78. The lowest BCUT2D eigenvalue weighted by molar-refractivity contribution is 0.0744. The van der Waals surface area contributed by atoms with Gasteiger partial charge in [-0.3, -0.25) is 9.89 Å². The van der Waals surface area contributed by atoms with E-state index in [4.69, 9.17) is 5.73 Å². The maximum Gasteiger partial charge on any atom is 0.277 e. The van der Waals surface area contributed by atoms with E-state index in [9.17, 15) is 13.2 Å². The Hall–Kier alpha value is -1.22. The van der Waals surface area contributed by atoms with Crippen molar-refractivity contribution in [3.63, 3.8) is 0 Å². The number of sulfone groups is 1. The van der Waals surface area contributed by atoms with E-state index in [1.54, 1.807) is 13.8 Å². The smallest absolute Gasteiger partial charge is 0.277 e. The number of amides is 1. The van der Waals surface area contributed by atoms with Crippen molar-refractivity contribution in [2.75, 3.05) is 29.5 Å². The number of anilines is 1.